The predicted octanol–water partition coefficient (Wildman–Crippen LogP) is 3.23. The van der Waals surface area contributed by atoms with E-state index in [9.17, 15) is 9.59 Å². The Kier molecular flexibility index (Phi) is 4.91. The molecule has 0 unspecified atom stereocenters. The van der Waals surface area contributed by atoms with Crippen LogP contribution in [0.25, 0.3) is 11.0 Å². The molecule has 0 spiro atoms. The van der Waals surface area contributed by atoms with E-state index in [1.165, 1.54) is 6.42 Å². The zero-order chi connectivity index (χ0) is 19.0. The summed E-state index contributed by atoms with van der Waals surface area (Å²) in [4.78, 5) is 26.9. The molecule has 2 fully saturated rings. The minimum absolute atomic E-state index is 0.293. The van der Waals surface area contributed by atoms with Crippen molar-refractivity contribution < 1.29 is 18.7 Å². The molecule has 1 aromatic carbocycles. The number of fused-ring (bicyclic) bond motifs is 2. The van der Waals surface area contributed by atoms with Gasteiger partial charge in [0.05, 0.1) is 19.2 Å². The van der Waals surface area contributed by atoms with Crippen LogP contribution in [0.3, 0.4) is 0 Å². The Balaban J connectivity index is 1.72. The summed E-state index contributed by atoms with van der Waals surface area (Å²) in [7, 11) is 0. The molecule has 144 valence electrons. The summed E-state index contributed by atoms with van der Waals surface area (Å²) in [6.07, 6.45) is 5.36. The monoisotopic (exact) mass is 370 g/mol. The molecule has 2 heterocycles. The Morgan fingerprint density at radius 2 is 2.04 bits per heavy atom. The van der Waals surface area contributed by atoms with Crippen molar-refractivity contribution in [3.63, 3.8) is 0 Å². The van der Waals surface area contributed by atoms with Gasteiger partial charge in [0.25, 0.3) is 0 Å². The van der Waals surface area contributed by atoms with Gasteiger partial charge in [0.1, 0.15) is 16.9 Å². The van der Waals surface area contributed by atoms with Crippen LogP contribution in [0.4, 0.5) is 0 Å². The summed E-state index contributed by atoms with van der Waals surface area (Å²) in [6, 6.07) is 7.49. The lowest BCUT2D eigenvalue weighted by Crippen LogP contribution is -2.44. The normalized spacial score (nSPS) is 25.4. The quantitative estimate of drug-likeness (QED) is 0.817. The largest absolute Gasteiger partial charge is 0.462 e. The van der Waals surface area contributed by atoms with Crippen LogP contribution in [0.2, 0.25) is 0 Å². The number of para-hydroxylation sites is 1. The molecule has 1 saturated heterocycles. The maximum absolute atomic E-state index is 12.6. The minimum atomic E-state index is -0.382. The van der Waals surface area contributed by atoms with Crippen LogP contribution in [0.15, 0.2) is 28.7 Å². The minimum Gasteiger partial charge on any atom is -0.462 e. The first-order chi connectivity index (χ1) is 13.1. The zero-order valence-corrected chi connectivity index (χ0v) is 15.6. The topological polar surface area (TPSA) is 85.8 Å². The number of esters is 1. The Bertz CT molecular complexity index is 859. The molecule has 1 aliphatic carbocycles. The van der Waals surface area contributed by atoms with Gasteiger partial charge in [-0.25, -0.2) is 4.79 Å². The third kappa shape index (κ3) is 3.23. The van der Waals surface area contributed by atoms with E-state index < -0.39 is 0 Å². The van der Waals surface area contributed by atoms with Gasteiger partial charge in [0, 0.05) is 11.4 Å². The first-order valence-corrected chi connectivity index (χ1v) is 9.82. The molecule has 4 rings (SSSR count). The van der Waals surface area contributed by atoms with Crippen molar-refractivity contribution in [2.45, 2.75) is 57.7 Å². The third-order valence-corrected chi connectivity index (χ3v) is 6.02. The summed E-state index contributed by atoms with van der Waals surface area (Å²) < 4.78 is 11.3. The number of furan rings is 1. The van der Waals surface area contributed by atoms with Crippen molar-refractivity contribution in [3.05, 3.63) is 35.6 Å². The Hall–Kier alpha value is -2.34. The molecule has 0 radical (unpaired) electrons. The fourth-order valence-electron chi connectivity index (χ4n) is 4.86. The van der Waals surface area contributed by atoms with Crippen molar-refractivity contribution in [1.82, 2.24) is 4.90 Å². The van der Waals surface area contributed by atoms with Gasteiger partial charge in [0.2, 0.25) is 5.91 Å². The standard InChI is InChI=1S/C21H26N2O4/c1-2-26-21(25)19-14-8-4-6-10-17(14)27-18(19)12-23-15-9-5-3-7-13(15)11-16(23)20(22)24/h4,6,8,10,13,15-16H,2-3,5,7,9,11-12H2,1H3,(H2,22,24)/t13-,15+,16+/m1/s1. The maximum Gasteiger partial charge on any atom is 0.342 e. The van der Waals surface area contributed by atoms with Gasteiger partial charge >= 0.3 is 5.97 Å². The second kappa shape index (κ2) is 7.35. The molecule has 1 amide bonds. The molecule has 27 heavy (non-hydrogen) atoms. The van der Waals surface area contributed by atoms with E-state index >= 15 is 0 Å². The number of primary amides is 1. The molecule has 2 aromatic rings. The van der Waals surface area contributed by atoms with Crippen LogP contribution < -0.4 is 5.73 Å². The number of likely N-dealkylation sites (tertiary alicyclic amines) is 1. The van der Waals surface area contributed by atoms with E-state index in [0.29, 0.717) is 42.0 Å². The van der Waals surface area contributed by atoms with Crippen LogP contribution in [0.1, 0.15) is 55.1 Å². The molecule has 2 aliphatic rings. The molecule has 1 aliphatic heterocycles. The summed E-state index contributed by atoms with van der Waals surface area (Å²) in [5, 5.41) is 0.751. The van der Waals surface area contributed by atoms with E-state index in [0.717, 1.165) is 31.1 Å². The van der Waals surface area contributed by atoms with Gasteiger partial charge in [-0.15, -0.1) is 0 Å². The summed E-state index contributed by atoms with van der Waals surface area (Å²) >= 11 is 0. The number of amides is 1. The summed E-state index contributed by atoms with van der Waals surface area (Å²) in [6.45, 7) is 2.49. The fraction of sp³-hybridized carbons (Fsp3) is 0.524. The average molecular weight is 370 g/mol. The lowest BCUT2D eigenvalue weighted by molar-refractivity contribution is -0.123. The summed E-state index contributed by atoms with van der Waals surface area (Å²) in [5.41, 5.74) is 6.84. The number of ether oxygens (including phenoxy) is 1. The highest BCUT2D eigenvalue weighted by atomic mass is 16.5. The van der Waals surface area contributed by atoms with Gasteiger partial charge in [-0.2, -0.15) is 0 Å². The van der Waals surface area contributed by atoms with Crippen LogP contribution in [-0.2, 0) is 16.1 Å². The van der Waals surface area contributed by atoms with E-state index in [1.54, 1.807) is 6.92 Å². The second-order valence-corrected chi connectivity index (χ2v) is 7.55. The molecule has 6 nitrogen and oxygen atoms in total. The Morgan fingerprint density at radius 3 is 2.81 bits per heavy atom. The van der Waals surface area contributed by atoms with Gasteiger partial charge in [-0.1, -0.05) is 31.0 Å². The number of nitrogens with two attached hydrogens (primary N) is 1. The number of nitrogens with zero attached hydrogens (tertiary/aromatic N) is 1. The molecule has 0 bridgehead atoms. The van der Waals surface area contributed by atoms with Crippen molar-refractivity contribution in [2.24, 2.45) is 11.7 Å². The van der Waals surface area contributed by atoms with Gasteiger partial charge in [-0.05, 0) is 38.2 Å². The van der Waals surface area contributed by atoms with Gasteiger partial charge in [-0.3, -0.25) is 9.69 Å². The van der Waals surface area contributed by atoms with Crippen LogP contribution in [0.5, 0.6) is 0 Å². The third-order valence-electron chi connectivity index (χ3n) is 6.02. The molecular formula is C21H26N2O4. The number of carbonyl (C=O) groups excluding carboxylic acids is 2. The van der Waals surface area contributed by atoms with Crippen molar-refractivity contribution >= 4 is 22.8 Å². The van der Waals surface area contributed by atoms with Crippen LogP contribution in [-0.4, -0.2) is 35.5 Å². The number of hydrogen-bond donors (Lipinski definition) is 1. The molecule has 1 saturated carbocycles. The zero-order valence-electron chi connectivity index (χ0n) is 15.6. The number of rotatable bonds is 5. The average Bonchev–Trinajstić information content (AvgIpc) is 3.21. The highest BCUT2D eigenvalue weighted by Gasteiger charge is 2.45. The molecule has 2 N–H and O–H groups in total. The summed E-state index contributed by atoms with van der Waals surface area (Å²) in [5.74, 6) is 0.379. The first kappa shape index (κ1) is 18.0. The van der Waals surface area contributed by atoms with Gasteiger partial charge in [0.15, 0.2) is 0 Å². The molecular weight excluding hydrogens is 344 g/mol. The number of benzene rings is 1. The van der Waals surface area contributed by atoms with Crippen molar-refractivity contribution in [1.29, 1.82) is 0 Å². The Labute approximate surface area is 158 Å². The van der Waals surface area contributed by atoms with E-state index in [2.05, 4.69) is 4.90 Å². The smallest absolute Gasteiger partial charge is 0.342 e. The fourth-order valence-corrected chi connectivity index (χ4v) is 4.86. The lowest BCUT2D eigenvalue weighted by Gasteiger charge is -2.32. The maximum atomic E-state index is 12.6. The lowest BCUT2D eigenvalue weighted by atomic mass is 9.84. The van der Waals surface area contributed by atoms with Crippen LogP contribution >= 0.6 is 0 Å². The predicted molar refractivity (Wildman–Crippen MR) is 101 cm³/mol. The van der Waals surface area contributed by atoms with Crippen LogP contribution in [0, 0.1) is 5.92 Å². The van der Waals surface area contributed by atoms with E-state index in [1.807, 2.05) is 24.3 Å². The number of carbonyl (C=O) groups is 2. The van der Waals surface area contributed by atoms with Gasteiger partial charge < -0.3 is 14.9 Å². The Morgan fingerprint density at radius 1 is 1.26 bits per heavy atom. The molecule has 6 heteroatoms. The van der Waals surface area contributed by atoms with Crippen molar-refractivity contribution in [3.8, 4) is 0 Å². The second-order valence-electron chi connectivity index (χ2n) is 7.55. The van der Waals surface area contributed by atoms with E-state index in [-0.39, 0.29) is 17.9 Å². The SMILES string of the molecule is CCOC(=O)c1c(CN2[C@H](C(N)=O)C[C@H]3CCCC[C@@H]32)oc2ccccc12. The van der Waals surface area contributed by atoms with Crippen molar-refractivity contribution in [2.75, 3.05) is 6.61 Å². The molecule has 1 aromatic heterocycles. The first-order valence-electron chi connectivity index (χ1n) is 9.82. The van der Waals surface area contributed by atoms with E-state index in [4.69, 9.17) is 14.9 Å². The molecule has 3 atom stereocenters. The highest BCUT2D eigenvalue weighted by molar-refractivity contribution is 6.04. The number of hydrogen-bond acceptors (Lipinski definition) is 5. The highest BCUT2D eigenvalue weighted by Crippen LogP contribution is 2.41.